The molecule has 6 nitrogen and oxygen atoms in total. The Morgan fingerprint density at radius 2 is 1.69 bits per heavy atom. The fraction of sp³-hybridized carbons (Fsp3) is 0.129. The Kier molecular flexibility index (Phi) is 6.54. The van der Waals surface area contributed by atoms with Gasteiger partial charge in [-0.2, -0.15) is 0 Å². The van der Waals surface area contributed by atoms with Crippen LogP contribution in [0.25, 0.3) is 10.2 Å². The number of benzene rings is 4. The highest BCUT2D eigenvalue weighted by Gasteiger charge is 2.44. The molecule has 0 saturated carbocycles. The number of anilines is 1. The lowest BCUT2D eigenvalue weighted by Gasteiger charge is -2.42. The van der Waals surface area contributed by atoms with Crippen LogP contribution in [-0.4, -0.2) is 28.8 Å². The predicted molar refractivity (Wildman–Crippen MR) is 149 cm³/mol. The van der Waals surface area contributed by atoms with Gasteiger partial charge in [-0.25, -0.2) is 9.37 Å². The van der Waals surface area contributed by atoms with E-state index in [-0.39, 0.29) is 24.2 Å². The minimum absolute atomic E-state index is 0.195. The molecule has 194 valence electrons. The monoisotopic (exact) mass is 537 g/mol. The summed E-state index contributed by atoms with van der Waals surface area (Å²) in [6.45, 7) is 0.203. The third kappa shape index (κ3) is 4.75. The van der Waals surface area contributed by atoms with Crippen molar-refractivity contribution in [3.8, 4) is 5.75 Å². The van der Waals surface area contributed by atoms with Crippen molar-refractivity contribution < 1.29 is 18.7 Å². The lowest BCUT2D eigenvalue weighted by atomic mass is 9.79. The zero-order valence-electron chi connectivity index (χ0n) is 21.0. The maximum absolute atomic E-state index is 14.1. The second-order valence-corrected chi connectivity index (χ2v) is 10.3. The summed E-state index contributed by atoms with van der Waals surface area (Å²) >= 11 is 1.40. The molecular formula is C31H24FN3O3S. The van der Waals surface area contributed by atoms with E-state index in [1.54, 1.807) is 36.3 Å². The summed E-state index contributed by atoms with van der Waals surface area (Å²) in [5.74, 6) is -0.867. The Hall–Kier alpha value is -4.56. The minimum Gasteiger partial charge on any atom is -0.497 e. The Morgan fingerprint density at radius 3 is 2.44 bits per heavy atom. The van der Waals surface area contributed by atoms with Crippen molar-refractivity contribution in [3.05, 3.63) is 125 Å². The summed E-state index contributed by atoms with van der Waals surface area (Å²) in [4.78, 5) is 34.3. The van der Waals surface area contributed by atoms with E-state index in [0.29, 0.717) is 22.0 Å². The van der Waals surface area contributed by atoms with Crippen molar-refractivity contribution in [1.82, 2.24) is 9.88 Å². The van der Waals surface area contributed by atoms with Gasteiger partial charge in [-0.3, -0.25) is 9.59 Å². The number of nitrogens with one attached hydrogen (secondary N) is 1. The van der Waals surface area contributed by atoms with E-state index in [4.69, 9.17) is 4.74 Å². The molecule has 0 radical (unpaired) electrons. The van der Waals surface area contributed by atoms with Crippen molar-refractivity contribution in [3.63, 3.8) is 0 Å². The summed E-state index contributed by atoms with van der Waals surface area (Å²) in [5, 5.41) is 3.52. The molecule has 1 aromatic heterocycles. The van der Waals surface area contributed by atoms with Gasteiger partial charge >= 0.3 is 0 Å². The highest BCUT2D eigenvalue weighted by atomic mass is 32.1. The van der Waals surface area contributed by atoms with E-state index < -0.39 is 12.0 Å². The number of thiazole rings is 1. The van der Waals surface area contributed by atoms with Gasteiger partial charge in [0, 0.05) is 12.1 Å². The Balaban J connectivity index is 1.46. The molecule has 0 aliphatic carbocycles. The quantitative estimate of drug-likeness (QED) is 0.266. The summed E-state index contributed by atoms with van der Waals surface area (Å²) in [6.07, 6.45) is 0. The molecule has 0 saturated heterocycles. The Labute approximate surface area is 228 Å². The number of nitrogens with zero attached hydrogens (tertiary/aromatic N) is 2. The van der Waals surface area contributed by atoms with E-state index in [1.165, 1.54) is 23.5 Å². The first kappa shape index (κ1) is 24.8. The van der Waals surface area contributed by atoms with Crippen molar-refractivity contribution in [2.24, 2.45) is 0 Å². The number of amides is 2. The average molecular weight is 538 g/mol. The summed E-state index contributed by atoms with van der Waals surface area (Å²) < 4.78 is 20.0. The zero-order valence-corrected chi connectivity index (χ0v) is 21.8. The van der Waals surface area contributed by atoms with Gasteiger partial charge in [0.15, 0.2) is 5.13 Å². The van der Waals surface area contributed by atoms with Crippen LogP contribution >= 0.6 is 11.3 Å². The normalized spacial score (nSPS) is 16.7. The van der Waals surface area contributed by atoms with Crippen molar-refractivity contribution >= 4 is 38.5 Å². The van der Waals surface area contributed by atoms with E-state index in [9.17, 15) is 14.0 Å². The van der Waals surface area contributed by atoms with Crippen LogP contribution < -0.4 is 10.1 Å². The van der Waals surface area contributed by atoms with Crippen molar-refractivity contribution in [1.29, 1.82) is 0 Å². The molecule has 8 heteroatoms. The first-order valence-corrected chi connectivity index (χ1v) is 13.3. The number of fused-ring (bicyclic) bond motifs is 2. The second kappa shape index (κ2) is 10.3. The lowest BCUT2D eigenvalue weighted by Crippen LogP contribution is -2.45. The third-order valence-electron chi connectivity index (χ3n) is 6.97. The molecule has 1 aliphatic rings. The van der Waals surface area contributed by atoms with Crippen LogP contribution in [0.3, 0.4) is 0 Å². The molecule has 6 rings (SSSR count). The zero-order chi connectivity index (χ0) is 26.9. The maximum Gasteiger partial charge on any atom is 0.255 e. The third-order valence-corrected chi connectivity index (χ3v) is 7.92. The van der Waals surface area contributed by atoms with Gasteiger partial charge in [0.05, 0.1) is 29.3 Å². The number of hydrogen-bond acceptors (Lipinski definition) is 5. The lowest BCUT2D eigenvalue weighted by molar-refractivity contribution is -0.119. The van der Waals surface area contributed by atoms with Gasteiger partial charge in [-0.1, -0.05) is 65.9 Å². The number of carbonyl (C=O) groups is 2. The molecule has 5 aromatic rings. The van der Waals surface area contributed by atoms with Crippen LogP contribution in [0.1, 0.15) is 39.0 Å². The molecule has 2 atom stereocenters. The smallest absolute Gasteiger partial charge is 0.255 e. The van der Waals surface area contributed by atoms with E-state index in [0.717, 1.165) is 21.3 Å². The van der Waals surface area contributed by atoms with E-state index in [1.807, 2.05) is 60.7 Å². The molecule has 0 spiro atoms. The number of ether oxygens (including phenoxy) is 1. The maximum atomic E-state index is 14.1. The van der Waals surface area contributed by atoms with Gasteiger partial charge < -0.3 is 15.0 Å². The summed E-state index contributed by atoms with van der Waals surface area (Å²) in [6, 6.07) is 27.7. The van der Waals surface area contributed by atoms with Gasteiger partial charge in [-0.05, 0) is 59.2 Å². The summed E-state index contributed by atoms with van der Waals surface area (Å²) in [5.41, 5.74) is 3.46. The van der Waals surface area contributed by atoms with Crippen LogP contribution in [0.4, 0.5) is 9.52 Å². The first-order valence-electron chi connectivity index (χ1n) is 12.5. The Bertz CT molecular complexity index is 1630. The fourth-order valence-electron chi connectivity index (χ4n) is 5.12. The number of hydrogen-bond donors (Lipinski definition) is 1. The molecule has 1 N–H and O–H groups in total. The van der Waals surface area contributed by atoms with Crippen LogP contribution in [0.2, 0.25) is 0 Å². The van der Waals surface area contributed by atoms with Crippen LogP contribution in [0.5, 0.6) is 5.75 Å². The molecular weight excluding hydrogens is 513 g/mol. The Morgan fingerprint density at radius 1 is 0.974 bits per heavy atom. The summed E-state index contributed by atoms with van der Waals surface area (Å²) in [7, 11) is 1.59. The van der Waals surface area contributed by atoms with Gasteiger partial charge in [-0.15, -0.1) is 0 Å². The number of rotatable bonds is 6. The van der Waals surface area contributed by atoms with Crippen LogP contribution in [0, 0.1) is 5.82 Å². The topological polar surface area (TPSA) is 71.5 Å². The average Bonchev–Trinajstić information content (AvgIpc) is 3.37. The van der Waals surface area contributed by atoms with Gasteiger partial charge in [0.2, 0.25) is 5.91 Å². The first-order chi connectivity index (χ1) is 19.0. The minimum atomic E-state index is -0.722. The van der Waals surface area contributed by atoms with Gasteiger partial charge in [0.1, 0.15) is 11.6 Å². The van der Waals surface area contributed by atoms with Crippen molar-refractivity contribution in [2.75, 3.05) is 12.4 Å². The second-order valence-electron chi connectivity index (χ2n) is 9.32. The van der Waals surface area contributed by atoms with E-state index in [2.05, 4.69) is 10.3 Å². The van der Waals surface area contributed by atoms with E-state index >= 15 is 0 Å². The number of para-hydroxylation sites is 1. The largest absolute Gasteiger partial charge is 0.497 e. The fourth-order valence-corrected chi connectivity index (χ4v) is 5.99. The molecule has 0 unspecified atom stereocenters. The number of methoxy groups -OCH3 is 1. The van der Waals surface area contributed by atoms with Crippen LogP contribution in [0.15, 0.2) is 97.1 Å². The highest BCUT2D eigenvalue weighted by Crippen LogP contribution is 2.44. The number of halogens is 1. The number of carbonyl (C=O) groups excluding carboxylic acids is 2. The molecule has 0 bridgehead atoms. The standard InChI is InChI=1S/C31H24FN3O3S/c1-38-22-16-12-20(13-17-22)28-27(29(36)34-31-33-25-8-4-5-9-26(25)39-31)23-6-2-3-7-24(23)30(37)35(28)18-19-10-14-21(32)15-11-19/h2-17,27-28H,18H2,1H3,(H,33,34,36)/t27-,28+/m0/s1. The SMILES string of the molecule is COc1ccc([C@@H]2[C@@H](C(=O)Nc3nc4ccccc4s3)c3ccccc3C(=O)N2Cc2ccc(F)cc2)cc1. The molecule has 2 amide bonds. The van der Waals surface area contributed by atoms with Gasteiger partial charge in [0.25, 0.3) is 5.91 Å². The molecule has 0 fully saturated rings. The molecule has 39 heavy (non-hydrogen) atoms. The molecule has 4 aromatic carbocycles. The number of aromatic nitrogens is 1. The molecule has 2 heterocycles. The van der Waals surface area contributed by atoms with Crippen molar-refractivity contribution in [2.45, 2.75) is 18.5 Å². The van der Waals surface area contributed by atoms with Crippen LogP contribution in [-0.2, 0) is 11.3 Å². The highest BCUT2D eigenvalue weighted by molar-refractivity contribution is 7.22. The molecule has 1 aliphatic heterocycles. The predicted octanol–water partition coefficient (Wildman–Crippen LogP) is 6.56.